The smallest absolute Gasteiger partial charge is 0.230 e. The lowest BCUT2D eigenvalue weighted by atomic mass is 9.89. The predicted octanol–water partition coefficient (Wildman–Crippen LogP) is 3.15. The van der Waals surface area contributed by atoms with Crippen LogP contribution in [0.25, 0.3) is 0 Å². The molecule has 1 aromatic heterocycles. The summed E-state index contributed by atoms with van der Waals surface area (Å²) in [6, 6.07) is 0.342. The maximum Gasteiger partial charge on any atom is 0.230 e. The van der Waals surface area contributed by atoms with Crippen LogP contribution < -0.4 is 10.6 Å². The molecule has 0 aliphatic heterocycles. The predicted molar refractivity (Wildman–Crippen MR) is 89.0 cm³/mol. The Kier molecular flexibility index (Phi) is 6.76. The molecule has 0 unspecified atom stereocenters. The van der Waals surface area contributed by atoms with Crippen molar-refractivity contribution in [1.29, 1.82) is 0 Å². The number of aromatic nitrogens is 2. The third-order valence-corrected chi connectivity index (χ3v) is 5.45. The zero-order chi connectivity index (χ0) is 15.1. The van der Waals surface area contributed by atoms with Crippen LogP contribution in [0.15, 0.2) is 4.34 Å². The molecule has 21 heavy (non-hydrogen) atoms. The molecule has 1 amide bonds. The molecule has 1 aliphatic rings. The summed E-state index contributed by atoms with van der Waals surface area (Å²) in [7, 11) is 0. The summed E-state index contributed by atoms with van der Waals surface area (Å²) < 4.78 is 0.839. The van der Waals surface area contributed by atoms with Crippen molar-refractivity contribution in [3.8, 4) is 0 Å². The molecule has 1 fully saturated rings. The van der Waals surface area contributed by atoms with Gasteiger partial charge in [0.05, 0.1) is 5.75 Å². The highest BCUT2D eigenvalue weighted by Crippen LogP contribution is 2.26. The largest absolute Gasteiger partial charge is 0.358 e. The van der Waals surface area contributed by atoms with Gasteiger partial charge in [0.2, 0.25) is 11.0 Å². The second kappa shape index (κ2) is 8.58. The van der Waals surface area contributed by atoms with E-state index in [0.717, 1.165) is 16.0 Å². The fraction of sp³-hybridized carbons (Fsp3) is 0.786. The Bertz CT molecular complexity index is 444. The molecule has 0 atom stereocenters. The number of hydrogen-bond donors (Lipinski definition) is 2. The summed E-state index contributed by atoms with van der Waals surface area (Å²) >= 11 is 2.95. The molecule has 1 aliphatic carbocycles. The van der Waals surface area contributed by atoms with Crippen LogP contribution in [-0.4, -0.2) is 34.4 Å². The lowest BCUT2D eigenvalue weighted by Crippen LogP contribution is -2.31. The van der Waals surface area contributed by atoms with Crippen molar-refractivity contribution in [2.45, 2.75) is 56.3 Å². The summed E-state index contributed by atoms with van der Waals surface area (Å²) in [5, 5.41) is 15.2. The van der Waals surface area contributed by atoms with E-state index in [-0.39, 0.29) is 5.91 Å². The van der Waals surface area contributed by atoms with Gasteiger partial charge in [0.1, 0.15) is 0 Å². The van der Waals surface area contributed by atoms with Gasteiger partial charge in [-0.1, -0.05) is 42.4 Å². The van der Waals surface area contributed by atoms with Gasteiger partial charge >= 0.3 is 0 Å². The Balaban J connectivity index is 1.65. The number of anilines is 1. The van der Waals surface area contributed by atoms with Gasteiger partial charge < -0.3 is 10.6 Å². The Morgan fingerprint density at radius 2 is 2.10 bits per heavy atom. The second-order valence-electron chi connectivity index (χ2n) is 5.77. The van der Waals surface area contributed by atoms with Crippen molar-refractivity contribution < 1.29 is 4.79 Å². The van der Waals surface area contributed by atoms with Crippen LogP contribution in [-0.2, 0) is 4.79 Å². The number of nitrogens with one attached hydrogen (secondary N) is 2. The van der Waals surface area contributed by atoms with Crippen molar-refractivity contribution in [3.05, 3.63) is 0 Å². The highest BCUT2D eigenvalue weighted by Gasteiger charge is 2.14. The number of amides is 1. The Morgan fingerprint density at radius 1 is 1.33 bits per heavy atom. The van der Waals surface area contributed by atoms with Gasteiger partial charge in [0.15, 0.2) is 4.34 Å². The fourth-order valence-electron chi connectivity index (χ4n) is 2.40. The molecule has 1 saturated carbocycles. The van der Waals surface area contributed by atoms with Gasteiger partial charge in [0.25, 0.3) is 0 Å². The van der Waals surface area contributed by atoms with Gasteiger partial charge in [-0.05, 0) is 32.6 Å². The van der Waals surface area contributed by atoms with Crippen molar-refractivity contribution in [2.75, 3.05) is 17.6 Å². The van der Waals surface area contributed by atoms with E-state index in [0.29, 0.717) is 17.7 Å². The van der Waals surface area contributed by atoms with Gasteiger partial charge in [0, 0.05) is 12.6 Å². The molecule has 0 saturated heterocycles. The van der Waals surface area contributed by atoms with E-state index in [1.165, 1.54) is 55.2 Å². The number of hydrogen-bond acceptors (Lipinski definition) is 6. The number of rotatable bonds is 7. The van der Waals surface area contributed by atoms with E-state index in [2.05, 4.69) is 34.7 Å². The van der Waals surface area contributed by atoms with Gasteiger partial charge in [-0.3, -0.25) is 4.79 Å². The van der Waals surface area contributed by atoms with E-state index in [1.54, 1.807) is 0 Å². The van der Waals surface area contributed by atoms with E-state index in [1.807, 2.05) is 0 Å². The molecule has 2 rings (SSSR count). The molecule has 0 aromatic carbocycles. The average molecular weight is 329 g/mol. The second-order valence-corrected chi connectivity index (χ2v) is 7.97. The number of nitrogens with zero attached hydrogens (tertiary/aromatic N) is 2. The van der Waals surface area contributed by atoms with Crippen molar-refractivity contribution in [2.24, 2.45) is 5.92 Å². The molecule has 2 N–H and O–H groups in total. The lowest BCUT2D eigenvalue weighted by molar-refractivity contribution is -0.118. The standard InChI is InChI=1S/C14H24N4OS2/c1-10(2)16-13-17-18-14(21-13)20-9-12(19)15-8-11-6-4-3-5-7-11/h10-11H,3-9H2,1-2H3,(H,15,19)(H,16,17). The third-order valence-electron chi connectivity index (χ3n) is 3.46. The van der Waals surface area contributed by atoms with E-state index in [9.17, 15) is 4.79 Å². The third kappa shape index (κ3) is 6.22. The van der Waals surface area contributed by atoms with Crippen LogP contribution in [0.5, 0.6) is 0 Å². The molecule has 1 heterocycles. The van der Waals surface area contributed by atoms with E-state index < -0.39 is 0 Å². The summed E-state index contributed by atoms with van der Waals surface area (Å²) in [5.41, 5.74) is 0. The minimum Gasteiger partial charge on any atom is -0.358 e. The first-order chi connectivity index (χ1) is 10.1. The summed E-state index contributed by atoms with van der Waals surface area (Å²) in [4.78, 5) is 11.9. The topological polar surface area (TPSA) is 66.9 Å². The quantitative estimate of drug-likeness (QED) is 0.753. The first-order valence-electron chi connectivity index (χ1n) is 7.63. The average Bonchev–Trinajstić information content (AvgIpc) is 2.91. The molecule has 0 spiro atoms. The molecule has 5 nitrogen and oxygen atoms in total. The van der Waals surface area contributed by atoms with Gasteiger partial charge in [-0.25, -0.2) is 0 Å². The van der Waals surface area contributed by atoms with Crippen LogP contribution in [0.4, 0.5) is 5.13 Å². The molecular formula is C14H24N4OS2. The number of carbonyl (C=O) groups excluding carboxylic acids is 1. The van der Waals surface area contributed by atoms with Crippen molar-refractivity contribution in [3.63, 3.8) is 0 Å². The molecule has 118 valence electrons. The first kappa shape index (κ1) is 16.5. The van der Waals surface area contributed by atoms with Crippen LogP contribution in [0, 0.1) is 5.92 Å². The minimum absolute atomic E-state index is 0.0964. The molecule has 7 heteroatoms. The van der Waals surface area contributed by atoms with Crippen molar-refractivity contribution >= 4 is 34.1 Å². The molecular weight excluding hydrogens is 304 g/mol. The lowest BCUT2D eigenvalue weighted by Gasteiger charge is -2.21. The molecule has 0 radical (unpaired) electrons. The monoisotopic (exact) mass is 328 g/mol. The Hall–Kier alpha value is -0.820. The van der Waals surface area contributed by atoms with Gasteiger partial charge in [-0.15, -0.1) is 10.2 Å². The summed E-state index contributed by atoms with van der Waals surface area (Å²) in [6.07, 6.45) is 6.49. The molecule has 0 bridgehead atoms. The van der Waals surface area contributed by atoms with Crippen LogP contribution in [0.2, 0.25) is 0 Å². The minimum atomic E-state index is 0.0964. The number of carbonyl (C=O) groups is 1. The maximum atomic E-state index is 11.9. The summed E-state index contributed by atoms with van der Waals surface area (Å²) in [6.45, 7) is 4.95. The normalized spacial score (nSPS) is 16.1. The van der Waals surface area contributed by atoms with Crippen LogP contribution >= 0.6 is 23.1 Å². The van der Waals surface area contributed by atoms with Crippen LogP contribution in [0.3, 0.4) is 0 Å². The first-order valence-corrected chi connectivity index (χ1v) is 9.43. The zero-order valence-electron chi connectivity index (χ0n) is 12.7. The Morgan fingerprint density at radius 3 is 2.81 bits per heavy atom. The van der Waals surface area contributed by atoms with E-state index >= 15 is 0 Å². The maximum absolute atomic E-state index is 11.9. The SMILES string of the molecule is CC(C)Nc1nnc(SCC(=O)NCC2CCCCC2)s1. The zero-order valence-corrected chi connectivity index (χ0v) is 14.4. The van der Waals surface area contributed by atoms with E-state index in [4.69, 9.17) is 0 Å². The van der Waals surface area contributed by atoms with Crippen LogP contribution in [0.1, 0.15) is 46.0 Å². The highest BCUT2D eigenvalue weighted by atomic mass is 32.2. The fourth-order valence-corrected chi connectivity index (χ4v) is 4.13. The highest BCUT2D eigenvalue weighted by molar-refractivity contribution is 8.01. The summed E-state index contributed by atoms with van der Waals surface area (Å²) in [5.74, 6) is 1.19. The Labute approximate surface area is 134 Å². The van der Waals surface area contributed by atoms with Crippen molar-refractivity contribution in [1.82, 2.24) is 15.5 Å². The molecule has 1 aromatic rings. The number of thioether (sulfide) groups is 1. The van der Waals surface area contributed by atoms with Gasteiger partial charge in [-0.2, -0.15) is 0 Å².